The predicted octanol–water partition coefficient (Wildman–Crippen LogP) is 0.717. The number of carbonyl (C=O) groups excluding carboxylic acids is 2. The molecule has 2 aliphatic rings. The number of amides is 4. The van der Waals surface area contributed by atoms with Gasteiger partial charge in [0.2, 0.25) is 0 Å². The van der Waals surface area contributed by atoms with Crippen molar-refractivity contribution in [2.75, 3.05) is 42.5 Å². The van der Waals surface area contributed by atoms with Gasteiger partial charge in [0.1, 0.15) is 0 Å². The van der Waals surface area contributed by atoms with E-state index in [1.54, 1.807) is 14.1 Å². The highest BCUT2D eigenvalue weighted by atomic mass is 16.8. The monoisotopic (exact) mass is 333 g/mol. The number of likely N-dealkylation sites (N-methyl/N-ethyl adjacent to an activating group) is 1. The van der Waals surface area contributed by atoms with E-state index in [4.69, 9.17) is 19.2 Å². The first-order valence-electron chi connectivity index (χ1n) is 7.29. The fourth-order valence-corrected chi connectivity index (χ4v) is 3.87. The molecule has 0 radical (unpaired) electrons. The van der Waals surface area contributed by atoms with Gasteiger partial charge in [-0.1, -0.05) is 6.92 Å². The van der Waals surface area contributed by atoms with E-state index in [9.17, 15) is 9.59 Å². The zero-order chi connectivity index (χ0) is 17.6. The maximum Gasteiger partial charge on any atom is 0.449 e. The van der Waals surface area contributed by atoms with Gasteiger partial charge in [-0.3, -0.25) is 14.5 Å². The Labute approximate surface area is 135 Å². The first kappa shape index (κ1) is 17.9. The summed E-state index contributed by atoms with van der Waals surface area (Å²) in [5.41, 5.74) is -1.22. The van der Waals surface area contributed by atoms with E-state index in [0.29, 0.717) is 12.8 Å². The lowest BCUT2D eigenvalue weighted by Crippen LogP contribution is -2.72. The normalized spacial score (nSPS) is 32.9. The molecule has 2 atom stereocenters. The minimum Gasteiger partial charge on any atom is -0.331 e. The molecule has 0 aromatic carbocycles. The fraction of sp³-hybridized carbons (Fsp3) is 0.846. The number of ether oxygens (including phenoxy) is 1. The summed E-state index contributed by atoms with van der Waals surface area (Å²) in [7, 11) is 8.80. The van der Waals surface area contributed by atoms with Crippen molar-refractivity contribution in [3.63, 3.8) is 0 Å². The molecule has 0 aromatic heterocycles. The van der Waals surface area contributed by atoms with E-state index < -0.39 is 17.5 Å². The van der Waals surface area contributed by atoms with Crippen LogP contribution in [0.15, 0.2) is 0 Å². The summed E-state index contributed by atoms with van der Waals surface area (Å²) in [6, 6.07) is -0.967. The molecule has 10 nitrogen and oxygen atoms in total. The third-order valence-corrected chi connectivity index (χ3v) is 4.76. The molecule has 0 aliphatic carbocycles. The third kappa shape index (κ3) is 1.64. The van der Waals surface area contributed by atoms with Gasteiger partial charge in [0.25, 0.3) is 5.66 Å². The van der Waals surface area contributed by atoms with Crippen LogP contribution < -0.4 is 0 Å². The third-order valence-electron chi connectivity index (χ3n) is 4.76. The van der Waals surface area contributed by atoms with Crippen LogP contribution in [0.3, 0.4) is 0 Å². The van der Waals surface area contributed by atoms with Gasteiger partial charge in [0, 0.05) is 13.5 Å². The van der Waals surface area contributed by atoms with Crippen molar-refractivity contribution in [3.05, 3.63) is 0 Å². The van der Waals surface area contributed by atoms with Crippen LogP contribution in [0.2, 0.25) is 0 Å². The number of fused-ring (bicyclic) bond motifs is 1. The van der Waals surface area contributed by atoms with Crippen molar-refractivity contribution in [2.45, 2.75) is 31.3 Å². The number of carbonyl (C=O) groups is 2. The molecule has 0 N–H and O–H groups in total. The number of methoxy groups -OCH3 is 1. The second-order valence-corrected chi connectivity index (χ2v) is 5.83. The SMILES string of the molecule is CCCC12N(OC)C(=O)N(OC)C1(OC)N(OC)C(=O)[N+]2(C)C. The van der Waals surface area contributed by atoms with Gasteiger partial charge in [0.15, 0.2) is 0 Å². The average molecular weight is 333 g/mol. The molecular weight excluding hydrogens is 308 g/mol. The van der Waals surface area contributed by atoms with Crippen LogP contribution in [-0.4, -0.2) is 85.8 Å². The van der Waals surface area contributed by atoms with Crippen LogP contribution in [0.25, 0.3) is 0 Å². The van der Waals surface area contributed by atoms with Crippen LogP contribution in [0.1, 0.15) is 19.8 Å². The van der Waals surface area contributed by atoms with E-state index in [1.807, 2.05) is 6.92 Å². The van der Waals surface area contributed by atoms with Crippen molar-refractivity contribution in [1.29, 1.82) is 0 Å². The van der Waals surface area contributed by atoms with E-state index in [0.717, 1.165) is 15.2 Å². The van der Waals surface area contributed by atoms with Crippen molar-refractivity contribution >= 4 is 12.1 Å². The highest BCUT2D eigenvalue weighted by molar-refractivity contribution is 5.81. The minimum atomic E-state index is -1.62. The number of nitrogens with zero attached hydrogens (tertiary/aromatic N) is 4. The van der Waals surface area contributed by atoms with Crippen molar-refractivity contribution < 1.29 is 33.3 Å². The van der Waals surface area contributed by atoms with Gasteiger partial charge in [-0.05, 0) is 6.42 Å². The van der Waals surface area contributed by atoms with E-state index in [-0.39, 0.29) is 10.5 Å². The maximum absolute atomic E-state index is 13.0. The second kappa shape index (κ2) is 5.56. The van der Waals surface area contributed by atoms with Gasteiger partial charge in [0.05, 0.1) is 35.4 Å². The predicted molar refractivity (Wildman–Crippen MR) is 76.8 cm³/mol. The van der Waals surface area contributed by atoms with Crippen molar-refractivity contribution in [2.24, 2.45) is 0 Å². The molecule has 132 valence electrons. The summed E-state index contributed by atoms with van der Waals surface area (Å²) in [6.07, 6.45) is 1.08. The Morgan fingerprint density at radius 1 is 0.957 bits per heavy atom. The van der Waals surface area contributed by atoms with E-state index in [2.05, 4.69) is 0 Å². The smallest absolute Gasteiger partial charge is 0.331 e. The summed E-state index contributed by atoms with van der Waals surface area (Å²) in [5, 5.41) is 3.14. The summed E-state index contributed by atoms with van der Waals surface area (Å²) >= 11 is 0. The largest absolute Gasteiger partial charge is 0.449 e. The molecule has 2 aliphatic heterocycles. The standard InChI is InChI=1S/C13H25N4O6/c1-8-9-12-13(20-4,15(22-6)10(18)14(12)21-5)16(23-7)11(19)17(12,2)3/h8-9H2,1-7H3/q+1. The van der Waals surface area contributed by atoms with Crippen molar-refractivity contribution in [3.8, 4) is 0 Å². The molecule has 10 heteroatoms. The molecule has 0 bridgehead atoms. The van der Waals surface area contributed by atoms with Gasteiger partial charge >= 0.3 is 17.9 Å². The Balaban J connectivity index is 2.87. The van der Waals surface area contributed by atoms with Crippen LogP contribution in [0.5, 0.6) is 0 Å². The van der Waals surface area contributed by atoms with Gasteiger partial charge < -0.3 is 4.74 Å². The Kier molecular flexibility index (Phi) is 4.33. The lowest BCUT2D eigenvalue weighted by Gasteiger charge is -2.44. The molecule has 0 saturated carbocycles. The Morgan fingerprint density at radius 3 is 1.87 bits per heavy atom. The number of hydrogen-bond donors (Lipinski definition) is 0. The molecule has 2 fully saturated rings. The van der Waals surface area contributed by atoms with Crippen LogP contribution in [0.4, 0.5) is 9.59 Å². The molecule has 0 aromatic rings. The number of quaternary nitrogens is 1. The zero-order valence-corrected chi connectivity index (χ0v) is 14.7. The molecule has 4 amide bonds. The maximum atomic E-state index is 13.0. The summed E-state index contributed by atoms with van der Waals surface area (Å²) in [6.45, 7) is 1.95. The molecule has 2 heterocycles. The van der Waals surface area contributed by atoms with E-state index >= 15 is 0 Å². The highest BCUT2D eigenvalue weighted by Crippen LogP contribution is 2.56. The van der Waals surface area contributed by atoms with Crippen LogP contribution >= 0.6 is 0 Å². The number of hydroxylamine groups is 6. The lowest BCUT2D eigenvalue weighted by molar-refractivity contribution is -0.885. The van der Waals surface area contributed by atoms with E-state index in [1.165, 1.54) is 28.4 Å². The first-order chi connectivity index (χ1) is 10.8. The summed E-state index contributed by atoms with van der Waals surface area (Å²) < 4.78 is 5.48. The van der Waals surface area contributed by atoms with Gasteiger partial charge in [-0.25, -0.2) is 14.1 Å². The highest BCUT2D eigenvalue weighted by Gasteiger charge is 2.89. The molecule has 23 heavy (non-hydrogen) atoms. The van der Waals surface area contributed by atoms with Crippen LogP contribution in [-0.2, 0) is 19.2 Å². The average Bonchev–Trinajstić information content (AvgIpc) is 2.81. The Hall–Kier alpha value is -1.46. The summed E-state index contributed by atoms with van der Waals surface area (Å²) in [4.78, 5) is 41.7. The lowest BCUT2D eigenvalue weighted by atomic mass is 9.96. The Morgan fingerprint density at radius 2 is 1.48 bits per heavy atom. The fourth-order valence-electron chi connectivity index (χ4n) is 3.87. The number of rotatable bonds is 6. The Bertz CT molecular complexity index is 515. The molecular formula is C13H25N4O6+. The van der Waals surface area contributed by atoms with Gasteiger partial charge in [-0.2, -0.15) is 0 Å². The topological polar surface area (TPSA) is 80.8 Å². The zero-order valence-electron chi connectivity index (χ0n) is 14.7. The summed E-state index contributed by atoms with van der Waals surface area (Å²) in [5.74, 6) is -1.62. The number of hydrogen-bond acceptors (Lipinski definition) is 6. The van der Waals surface area contributed by atoms with Crippen LogP contribution in [0, 0.1) is 0 Å². The minimum absolute atomic E-state index is 0.234. The second-order valence-electron chi connectivity index (χ2n) is 5.83. The number of urea groups is 2. The molecule has 2 saturated heterocycles. The molecule has 2 unspecified atom stereocenters. The molecule has 0 spiro atoms. The van der Waals surface area contributed by atoms with Crippen molar-refractivity contribution in [1.82, 2.24) is 15.2 Å². The first-order valence-corrected chi connectivity index (χ1v) is 7.29. The quantitative estimate of drug-likeness (QED) is 0.666. The molecule has 2 rings (SSSR count). The van der Waals surface area contributed by atoms with Gasteiger partial charge in [-0.15, -0.1) is 15.2 Å².